The Morgan fingerprint density at radius 2 is 1.73 bits per heavy atom. The minimum absolute atomic E-state index is 0.0525. The Balaban J connectivity index is 1.58. The van der Waals surface area contributed by atoms with Gasteiger partial charge in [0.25, 0.3) is 0 Å². The molecule has 0 saturated carbocycles. The van der Waals surface area contributed by atoms with Crippen molar-refractivity contribution in [2.75, 3.05) is 37.4 Å². The molecule has 0 aliphatic heterocycles. The molecule has 0 aromatic heterocycles. The first-order chi connectivity index (χ1) is 19.7. The molecule has 41 heavy (non-hydrogen) atoms. The summed E-state index contributed by atoms with van der Waals surface area (Å²) in [5.74, 6) is 0.256. The van der Waals surface area contributed by atoms with E-state index in [4.69, 9.17) is 9.47 Å². The van der Waals surface area contributed by atoms with Gasteiger partial charge in [0.15, 0.2) is 6.10 Å². The molecule has 7 nitrogen and oxygen atoms in total. The third-order valence-electron chi connectivity index (χ3n) is 5.93. The van der Waals surface area contributed by atoms with Gasteiger partial charge in [0.1, 0.15) is 12.4 Å². The molecule has 0 heterocycles. The number of thioether (sulfide) groups is 1. The van der Waals surface area contributed by atoms with Gasteiger partial charge in [-0.15, -0.1) is 11.8 Å². The van der Waals surface area contributed by atoms with Gasteiger partial charge < -0.3 is 24.8 Å². The summed E-state index contributed by atoms with van der Waals surface area (Å²) in [5, 5.41) is 11.8. The molecular formula is C30H33F3N2O5S. The second kappa shape index (κ2) is 15.9. The van der Waals surface area contributed by atoms with Crippen LogP contribution < -0.4 is 10.1 Å². The lowest BCUT2D eigenvalue weighted by Crippen LogP contribution is -2.38. The number of carboxylic acid groups (broad SMARTS) is 1. The van der Waals surface area contributed by atoms with Crippen LogP contribution in [0.1, 0.15) is 24.5 Å². The van der Waals surface area contributed by atoms with Crippen molar-refractivity contribution in [2.24, 2.45) is 0 Å². The van der Waals surface area contributed by atoms with Gasteiger partial charge in [-0.1, -0.05) is 36.4 Å². The molecule has 2 N–H and O–H groups in total. The highest BCUT2D eigenvalue weighted by atomic mass is 32.2. The van der Waals surface area contributed by atoms with Gasteiger partial charge >= 0.3 is 18.2 Å². The topological polar surface area (TPSA) is 88.1 Å². The highest BCUT2D eigenvalue weighted by molar-refractivity contribution is 7.99. The van der Waals surface area contributed by atoms with Crippen molar-refractivity contribution in [1.82, 2.24) is 4.90 Å². The van der Waals surface area contributed by atoms with Crippen LogP contribution in [0.25, 0.3) is 0 Å². The van der Waals surface area contributed by atoms with E-state index in [1.807, 2.05) is 30.3 Å². The number of alkyl halides is 3. The SMILES string of the molecule is CCOC(Cc1ccc(OCCN(CCCSc2ccccc2)C(=O)Nc2cccc(C(F)(F)F)c2)cc1)C(=O)O. The number of aliphatic carboxylic acids is 1. The monoisotopic (exact) mass is 590 g/mol. The molecule has 3 aromatic rings. The van der Waals surface area contributed by atoms with E-state index in [-0.39, 0.29) is 25.3 Å². The number of carbonyl (C=O) groups excluding carboxylic acids is 1. The third-order valence-corrected chi connectivity index (χ3v) is 7.03. The molecule has 0 radical (unpaired) electrons. The van der Waals surface area contributed by atoms with Crippen molar-refractivity contribution in [3.05, 3.63) is 90.0 Å². The number of amides is 2. The van der Waals surface area contributed by atoms with Gasteiger partial charge in [-0.3, -0.25) is 0 Å². The van der Waals surface area contributed by atoms with Crippen molar-refractivity contribution >= 4 is 29.4 Å². The number of rotatable bonds is 15. The average Bonchev–Trinajstić information content (AvgIpc) is 2.95. The van der Waals surface area contributed by atoms with Gasteiger partial charge in [0.05, 0.1) is 12.1 Å². The van der Waals surface area contributed by atoms with Crippen LogP contribution in [0.3, 0.4) is 0 Å². The van der Waals surface area contributed by atoms with E-state index in [2.05, 4.69) is 5.32 Å². The second-order valence-corrected chi connectivity index (χ2v) is 10.2. The van der Waals surface area contributed by atoms with Gasteiger partial charge in [-0.25, -0.2) is 9.59 Å². The van der Waals surface area contributed by atoms with E-state index >= 15 is 0 Å². The summed E-state index contributed by atoms with van der Waals surface area (Å²) in [7, 11) is 0. The number of hydrogen-bond acceptors (Lipinski definition) is 5. The third kappa shape index (κ3) is 11.0. The van der Waals surface area contributed by atoms with E-state index in [0.29, 0.717) is 25.3 Å². The van der Waals surface area contributed by atoms with Crippen molar-refractivity contribution < 1.29 is 37.3 Å². The van der Waals surface area contributed by atoms with Crippen LogP contribution in [-0.4, -0.2) is 60.2 Å². The molecule has 220 valence electrons. The number of carboxylic acids is 1. The Morgan fingerprint density at radius 3 is 2.39 bits per heavy atom. The summed E-state index contributed by atoms with van der Waals surface area (Å²) in [6.45, 7) is 2.76. The van der Waals surface area contributed by atoms with Crippen molar-refractivity contribution in [3.8, 4) is 5.75 Å². The largest absolute Gasteiger partial charge is 0.492 e. The molecule has 0 saturated heterocycles. The quantitative estimate of drug-likeness (QED) is 0.149. The number of ether oxygens (including phenoxy) is 2. The molecule has 0 aliphatic carbocycles. The predicted octanol–water partition coefficient (Wildman–Crippen LogP) is 6.83. The molecule has 0 bridgehead atoms. The van der Waals surface area contributed by atoms with Crippen LogP contribution in [0, 0.1) is 0 Å². The van der Waals surface area contributed by atoms with Crippen LogP contribution in [-0.2, 0) is 22.1 Å². The molecule has 2 amide bonds. The number of halogens is 3. The first kappa shape index (κ1) is 31.8. The highest BCUT2D eigenvalue weighted by Crippen LogP contribution is 2.30. The Hall–Kier alpha value is -3.70. The maximum Gasteiger partial charge on any atom is 0.416 e. The average molecular weight is 591 g/mol. The minimum Gasteiger partial charge on any atom is -0.492 e. The highest BCUT2D eigenvalue weighted by Gasteiger charge is 2.30. The molecule has 1 atom stereocenters. The van der Waals surface area contributed by atoms with Gasteiger partial charge in [0, 0.05) is 30.2 Å². The predicted molar refractivity (Wildman–Crippen MR) is 153 cm³/mol. The number of nitrogens with one attached hydrogen (secondary N) is 1. The summed E-state index contributed by atoms with van der Waals surface area (Å²) in [6, 6.07) is 20.8. The van der Waals surface area contributed by atoms with Crippen LogP contribution in [0.4, 0.5) is 23.7 Å². The Labute approximate surface area is 241 Å². The van der Waals surface area contributed by atoms with Crippen LogP contribution in [0.5, 0.6) is 5.75 Å². The van der Waals surface area contributed by atoms with Crippen LogP contribution in [0.2, 0.25) is 0 Å². The summed E-state index contributed by atoms with van der Waals surface area (Å²) in [6.07, 6.45) is -4.57. The lowest BCUT2D eigenvalue weighted by Gasteiger charge is -2.23. The fourth-order valence-corrected chi connectivity index (χ4v) is 4.74. The first-order valence-electron chi connectivity index (χ1n) is 13.1. The summed E-state index contributed by atoms with van der Waals surface area (Å²) in [5.41, 5.74) is -0.0169. The van der Waals surface area contributed by atoms with E-state index < -0.39 is 29.8 Å². The second-order valence-electron chi connectivity index (χ2n) is 8.99. The van der Waals surface area contributed by atoms with E-state index in [1.54, 1.807) is 43.0 Å². The molecular weight excluding hydrogens is 557 g/mol. The smallest absolute Gasteiger partial charge is 0.416 e. The number of carbonyl (C=O) groups is 2. The molecule has 1 unspecified atom stereocenters. The molecule has 3 aromatic carbocycles. The van der Waals surface area contributed by atoms with E-state index in [9.17, 15) is 27.9 Å². The Morgan fingerprint density at radius 1 is 1.00 bits per heavy atom. The van der Waals surface area contributed by atoms with Crippen molar-refractivity contribution in [2.45, 2.75) is 36.9 Å². The van der Waals surface area contributed by atoms with Crippen LogP contribution in [0.15, 0.2) is 83.8 Å². The first-order valence-corrected chi connectivity index (χ1v) is 14.1. The maximum absolute atomic E-state index is 13.1. The number of hydrogen-bond donors (Lipinski definition) is 2. The Bertz CT molecular complexity index is 1240. The van der Waals surface area contributed by atoms with E-state index in [0.717, 1.165) is 28.3 Å². The lowest BCUT2D eigenvalue weighted by molar-refractivity contribution is -0.150. The van der Waals surface area contributed by atoms with Gasteiger partial charge in [-0.2, -0.15) is 13.2 Å². The van der Waals surface area contributed by atoms with Crippen molar-refractivity contribution in [3.63, 3.8) is 0 Å². The Kier molecular flexibility index (Phi) is 12.4. The zero-order chi connectivity index (χ0) is 29.7. The number of urea groups is 1. The zero-order valence-electron chi connectivity index (χ0n) is 22.6. The zero-order valence-corrected chi connectivity index (χ0v) is 23.4. The fraction of sp³-hybridized carbons (Fsp3) is 0.333. The number of anilines is 1. The molecule has 11 heteroatoms. The normalized spacial score (nSPS) is 12.0. The van der Waals surface area contributed by atoms with Crippen molar-refractivity contribution in [1.29, 1.82) is 0 Å². The molecule has 0 aliphatic rings. The van der Waals surface area contributed by atoms with Gasteiger partial charge in [-0.05, 0) is 67.1 Å². The number of benzene rings is 3. The van der Waals surface area contributed by atoms with Crippen LogP contribution >= 0.6 is 11.8 Å². The standard InChI is InChI=1S/C30H33F3N2O5S/c1-2-39-27(28(36)37)20-22-12-14-25(15-13-22)40-18-17-35(16-7-19-41-26-10-4-3-5-11-26)29(38)34-24-9-6-8-23(21-24)30(31,32)33/h3-6,8-15,21,27H,2,7,16-20H2,1H3,(H,34,38)(H,36,37). The molecule has 3 rings (SSSR count). The number of nitrogens with zero attached hydrogens (tertiary/aromatic N) is 1. The summed E-state index contributed by atoms with van der Waals surface area (Å²) < 4.78 is 50.4. The van der Waals surface area contributed by atoms with E-state index in [1.165, 1.54) is 17.0 Å². The molecule has 0 spiro atoms. The lowest BCUT2D eigenvalue weighted by atomic mass is 10.1. The summed E-state index contributed by atoms with van der Waals surface area (Å²) >= 11 is 1.65. The fourth-order valence-electron chi connectivity index (χ4n) is 3.88. The maximum atomic E-state index is 13.1. The molecule has 0 fully saturated rings. The minimum atomic E-state index is -4.52. The van der Waals surface area contributed by atoms with Gasteiger partial charge in [0.2, 0.25) is 0 Å². The summed E-state index contributed by atoms with van der Waals surface area (Å²) in [4.78, 5) is 27.0.